The van der Waals surface area contributed by atoms with Crippen LogP contribution >= 0.6 is 0 Å². The highest BCUT2D eigenvalue weighted by Gasteiger charge is 2.23. The van der Waals surface area contributed by atoms with E-state index in [-0.39, 0.29) is 11.6 Å². The third-order valence-electron chi connectivity index (χ3n) is 4.04. The van der Waals surface area contributed by atoms with Crippen molar-refractivity contribution in [2.45, 2.75) is 19.0 Å². The maximum absolute atomic E-state index is 12.6. The summed E-state index contributed by atoms with van der Waals surface area (Å²) < 4.78 is 25.2. The summed E-state index contributed by atoms with van der Waals surface area (Å²) in [5.74, 6) is 0. The number of pyridine rings is 1. The second-order valence-corrected chi connectivity index (χ2v) is 5.52. The first-order valence-electron chi connectivity index (χ1n) is 7.46. The third kappa shape index (κ3) is 3.48. The summed E-state index contributed by atoms with van der Waals surface area (Å²) in [7, 11) is 0. The Morgan fingerprint density at radius 3 is 2.73 bits per heavy atom. The predicted molar refractivity (Wildman–Crippen MR) is 81.7 cm³/mol. The fourth-order valence-corrected chi connectivity index (χ4v) is 2.84. The maximum atomic E-state index is 12.6. The Hall–Kier alpha value is -1.85. The monoisotopic (exact) mass is 303 g/mol. The summed E-state index contributed by atoms with van der Waals surface area (Å²) in [5.41, 5.74) is 2.31. The van der Waals surface area contributed by atoms with Crippen molar-refractivity contribution in [2.24, 2.45) is 0 Å². The smallest absolute Gasteiger partial charge is 0.263 e. The molecule has 1 aromatic heterocycles. The molecule has 1 aliphatic heterocycles. The van der Waals surface area contributed by atoms with Crippen molar-refractivity contribution in [3.05, 3.63) is 65.5 Å². The summed E-state index contributed by atoms with van der Waals surface area (Å²) >= 11 is 0. The Labute approximate surface area is 129 Å². The van der Waals surface area contributed by atoms with Gasteiger partial charge in [-0.2, -0.15) is 0 Å². The van der Waals surface area contributed by atoms with Gasteiger partial charge < -0.3 is 5.32 Å². The van der Waals surface area contributed by atoms with Crippen LogP contribution in [0.25, 0.3) is 0 Å². The molecule has 0 aliphatic carbocycles. The molecule has 0 bridgehead atoms. The van der Waals surface area contributed by atoms with Crippen LogP contribution in [0.4, 0.5) is 8.78 Å². The number of hydrogen-bond donors (Lipinski definition) is 1. The van der Waals surface area contributed by atoms with Crippen molar-refractivity contribution in [3.63, 3.8) is 0 Å². The molecule has 1 aromatic carbocycles. The van der Waals surface area contributed by atoms with Crippen LogP contribution < -0.4 is 5.32 Å². The number of hydrogen-bond acceptors (Lipinski definition) is 3. The van der Waals surface area contributed by atoms with Crippen molar-refractivity contribution in [1.82, 2.24) is 15.2 Å². The highest BCUT2D eigenvalue weighted by atomic mass is 19.3. The molecule has 22 heavy (non-hydrogen) atoms. The fraction of sp³-hybridized carbons (Fsp3) is 0.353. The molecule has 5 heteroatoms. The molecule has 3 nitrogen and oxygen atoms in total. The molecule has 0 radical (unpaired) electrons. The van der Waals surface area contributed by atoms with Gasteiger partial charge in [0.2, 0.25) is 0 Å². The van der Waals surface area contributed by atoms with Crippen LogP contribution in [0.1, 0.15) is 29.2 Å². The van der Waals surface area contributed by atoms with Gasteiger partial charge in [0, 0.05) is 50.2 Å². The molecule has 1 saturated heterocycles. The lowest BCUT2D eigenvalue weighted by molar-refractivity contribution is 0.150. The Morgan fingerprint density at radius 1 is 1.23 bits per heavy atom. The lowest BCUT2D eigenvalue weighted by Gasteiger charge is -2.36. The van der Waals surface area contributed by atoms with Gasteiger partial charge in [-0.3, -0.25) is 9.88 Å². The van der Waals surface area contributed by atoms with Gasteiger partial charge in [-0.1, -0.05) is 30.3 Å². The number of halogens is 2. The quantitative estimate of drug-likeness (QED) is 0.940. The zero-order chi connectivity index (χ0) is 15.4. The van der Waals surface area contributed by atoms with Crippen molar-refractivity contribution in [1.29, 1.82) is 0 Å². The first-order valence-corrected chi connectivity index (χ1v) is 7.46. The maximum Gasteiger partial charge on any atom is 0.263 e. The summed E-state index contributed by atoms with van der Waals surface area (Å²) in [6, 6.07) is 10.9. The largest absolute Gasteiger partial charge is 0.314 e. The van der Waals surface area contributed by atoms with Gasteiger partial charge in [-0.15, -0.1) is 0 Å². The summed E-state index contributed by atoms with van der Waals surface area (Å²) in [6.45, 7) is 3.49. The van der Waals surface area contributed by atoms with Gasteiger partial charge in [0.05, 0.1) is 0 Å². The summed E-state index contributed by atoms with van der Waals surface area (Å²) in [6.07, 6.45) is 1.26. The fourth-order valence-electron chi connectivity index (χ4n) is 2.84. The van der Waals surface area contributed by atoms with Gasteiger partial charge in [0.15, 0.2) is 0 Å². The number of aromatic nitrogens is 1. The standard InChI is InChI=1S/C17H19F2N3/c18-17(19)14-5-3-13(4-6-14)12-22-9-8-21-11-16(22)15-2-1-7-20-10-15/h1-7,10,16-17,21H,8-9,11-12H2. The van der Waals surface area contributed by atoms with Gasteiger partial charge in [0.25, 0.3) is 6.43 Å². The van der Waals surface area contributed by atoms with Crippen molar-refractivity contribution < 1.29 is 8.78 Å². The second kappa shape index (κ2) is 6.94. The molecule has 0 saturated carbocycles. The molecule has 1 unspecified atom stereocenters. The molecule has 1 fully saturated rings. The molecule has 2 aromatic rings. The molecule has 1 N–H and O–H groups in total. The number of benzene rings is 1. The Kier molecular flexibility index (Phi) is 4.75. The SMILES string of the molecule is FC(F)c1ccc(CN2CCNCC2c2cccnc2)cc1. The number of piperazine rings is 1. The van der Waals surface area contributed by atoms with Crippen LogP contribution in [0.2, 0.25) is 0 Å². The minimum absolute atomic E-state index is 0.0767. The molecule has 1 atom stereocenters. The van der Waals surface area contributed by atoms with Gasteiger partial charge >= 0.3 is 0 Å². The van der Waals surface area contributed by atoms with Crippen molar-refractivity contribution >= 4 is 0 Å². The van der Waals surface area contributed by atoms with Crippen LogP contribution in [0.15, 0.2) is 48.8 Å². The number of nitrogens with zero attached hydrogens (tertiary/aromatic N) is 2. The minimum atomic E-state index is -2.41. The van der Waals surface area contributed by atoms with E-state index in [9.17, 15) is 8.78 Å². The first kappa shape index (κ1) is 15.1. The van der Waals surface area contributed by atoms with E-state index >= 15 is 0 Å². The van der Waals surface area contributed by atoms with E-state index in [4.69, 9.17) is 0 Å². The van der Waals surface area contributed by atoms with E-state index in [2.05, 4.69) is 21.3 Å². The second-order valence-electron chi connectivity index (χ2n) is 5.52. The number of alkyl halides is 2. The van der Waals surface area contributed by atoms with E-state index in [0.717, 1.165) is 31.7 Å². The summed E-state index contributed by atoms with van der Waals surface area (Å²) in [5, 5.41) is 3.40. The van der Waals surface area contributed by atoms with Crippen LogP contribution in [0, 0.1) is 0 Å². The molecule has 3 rings (SSSR count). The molecule has 0 amide bonds. The highest BCUT2D eigenvalue weighted by Crippen LogP contribution is 2.24. The molecule has 0 spiro atoms. The third-order valence-corrected chi connectivity index (χ3v) is 4.04. The molecule has 116 valence electrons. The molecule has 1 aliphatic rings. The van der Waals surface area contributed by atoms with Crippen LogP contribution in [0.5, 0.6) is 0 Å². The van der Waals surface area contributed by atoms with E-state index in [1.54, 1.807) is 18.3 Å². The van der Waals surface area contributed by atoms with Crippen molar-refractivity contribution in [2.75, 3.05) is 19.6 Å². The Bertz CT molecular complexity index is 587. The van der Waals surface area contributed by atoms with E-state index in [1.165, 1.54) is 17.7 Å². The zero-order valence-corrected chi connectivity index (χ0v) is 12.3. The van der Waals surface area contributed by atoms with E-state index in [0.29, 0.717) is 0 Å². The van der Waals surface area contributed by atoms with Gasteiger partial charge in [-0.05, 0) is 17.2 Å². The molecular weight excluding hydrogens is 284 g/mol. The van der Waals surface area contributed by atoms with Gasteiger partial charge in [-0.25, -0.2) is 8.78 Å². The topological polar surface area (TPSA) is 28.2 Å². The van der Waals surface area contributed by atoms with Crippen LogP contribution in [-0.2, 0) is 6.54 Å². The van der Waals surface area contributed by atoms with Gasteiger partial charge in [0.1, 0.15) is 0 Å². The van der Waals surface area contributed by atoms with E-state index in [1.807, 2.05) is 12.3 Å². The average molecular weight is 303 g/mol. The Morgan fingerprint density at radius 2 is 2.05 bits per heavy atom. The highest BCUT2D eigenvalue weighted by molar-refractivity contribution is 5.24. The van der Waals surface area contributed by atoms with Crippen LogP contribution in [0.3, 0.4) is 0 Å². The molecule has 2 heterocycles. The Balaban J connectivity index is 1.74. The lowest BCUT2D eigenvalue weighted by atomic mass is 10.0. The minimum Gasteiger partial charge on any atom is -0.314 e. The first-order chi connectivity index (χ1) is 10.7. The number of nitrogens with one attached hydrogen (secondary N) is 1. The average Bonchev–Trinajstić information content (AvgIpc) is 2.57. The normalized spacial score (nSPS) is 19.5. The van der Waals surface area contributed by atoms with E-state index < -0.39 is 6.43 Å². The lowest BCUT2D eigenvalue weighted by Crippen LogP contribution is -2.45. The number of rotatable bonds is 4. The predicted octanol–water partition coefficient (Wildman–Crippen LogP) is 3.17. The van der Waals surface area contributed by atoms with Crippen LogP contribution in [-0.4, -0.2) is 29.5 Å². The zero-order valence-electron chi connectivity index (χ0n) is 12.3. The molecular formula is C17H19F2N3. The van der Waals surface area contributed by atoms with Crippen molar-refractivity contribution in [3.8, 4) is 0 Å². The summed E-state index contributed by atoms with van der Waals surface area (Å²) in [4.78, 5) is 6.56.